The molecule has 0 saturated heterocycles. The van der Waals surface area contributed by atoms with Gasteiger partial charge in [-0.2, -0.15) is 0 Å². The summed E-state index contributed by atoms with van der Waals surface area (Å²) in [6.45, 7) is 1.99. The van der Waals surface area contributed by atoms with Gasteiger partial charge in [0.15, 0.2) is 0 Å². The Morgan fingerprint density at radius 2 is 1.57 bits per heavy atom. The van der Waals surface area contributed by atoms with Gasteiger partial charge in [0, 0.05) is 6.54 Å². The van der Waals surface area contributed by atoms with Gasteiger partial charge in [-0.15, -0.1) is 0 Å². The summed E-state index contributed by atoms with van der Waals surface area (Å²) in [6.07, 6.45) is 0. The first kappa shape index (κ1) is 14.0. The van der Waals surface area contributed by atoms with E-state index in [0.717, 1.165) is 0 Å². The molecule has 0 amide bonds. The van der Waals surface area contributed by atoms with Crippen molar-refractivity contribution in [1.29, 1.82) is 0 Å². The molecule has 1 unspecified atom stereocenters. The van der Waals surface area contributed by atoms with Crippen molar-refractivity contribution in [3.05, 3.63) is 0 Å². The molecule has 0 saturated carbocycles. The van der Waals surface area contributed by atoms with E-state index in [1.54, 1.807) is 0 Å². The minimum absolute atomic E-state index is 0.0127. The van der Waals surface area contributed by atoms with Gasteiger partial charge in [0.25, 0.3) is 0 Å². The summed E-state index contributed by atoms with van der Waals surface area (Å²) in [5.41, 5.74) is 9.89. The predicted octanol–water partition coefficient (Wildman–Crippen LogP) is -0.946. The number of ether oxygens (including phenoxy) is 2. The van der Waals surface area contributed by atoms with Crippen LogP contribution in [0.15, 0.2) is 0 Å². The Morgan fingerprint density at radius 3 is 2.07 bits per heavy atom. The second-order valence-corrected chi connectivity index (χ2v) is 3.80. The number of hydrogen-bond acceptors (Lipinski definition) is 5. The summed E-state index contributed by atoms with van der Waals surface area (Å²) in [5.74, 6) is 0. The lowest BCUT2D eigenvalue weighted by molar-refractivity contribution is 0.0374. The van der Waals surface area contributed by atoms with E-state index < -0.39 is 7.75 Å². The third-order valence-corrected chi connectivity index (χ3v) is 1.69. The molecule has 0 heterocycles. The van der Waals surface area contributed by atoms with Crippen molar-refractivity contribution in [2.75, 3.05) is 39.6 Å². The molecule has 0 aliphatic heterocycles. The number of hydrogen-bond donors (Lipinski definition) is 3. The zero-order chi connectivity index (χ0) is 10.9. The van der Waals surface area contributed by atoms with Crippen molar-refractivity contribution in [2.24, 2.45) is 11.2 Å². The second kappa shape index (κ2) is 8.31. The van der Waals surface area contributed by atoms with Crippen LogP contribution in [0.5, 0.6) is 0 Å². The van der Waals surface area contributed by atoms with Crippen LogP contribution in [0.3, 0.4) is 0 Å². The Kier molecular flexibility index (Phi) is 8.30. The summed E-state index contributed by atoms with van der Waals surface area (Å²) in [5, 5.41) is 0. The highest BCUT2D eigenvalue weighted by Gasteiger charge is 2.09. The maximum absolute atomic E-state index is 10.4. The van der Waals surface area contributed by atoms with Crippen LogP contribution in [0.4, 0.5) is 0 Å². The average molecular weight is 228 g/mol. The maximum Gasteiger partial charge on any atom is 0.400 e. The zero-order valence-corrected chi connectivity index (χ0v) is 8.82. The van der Waals surface area contributed by atoms with Crippen molar-refractivity contribution in [3.8, 4) is 0 Å². The van der Waals surface area contributed by atoms with E-state index in [4.69, 9.17) is 25.6 Å². The molecule has 14 heavy (non-hydrogen) atoms. The van der Waals surface area contributed by atoms with Crippen molar-refractivity contribution in [3.63, 3.8) is 0 Å². The van der Waals surface area contributed by atoms with Crippen LogP contribution in [0, 0.1) is 0 Å². The lowest BCUT2D eigenvalue weighted by Crippen LogP contribution is -2.13. The van der Waals surface area contributed by atoms with Crippen LogP contribution in [0.1, 0.15) is 0 Å². The van der Waals surface area contributed by atoms with E-state index in [-0.39, 0.29) is 13.2 Å². The van der Waals surface area contributed by atoms with Crippen LogP contribution < -0.4 is 11.2 Å². The molecule has 0 aromatic heterocycles. The van der Waals surface area contributed by atoms with Gasteiger partial charge < -0.3 is 20.1 Å². The van der Waals surface area contributed by atoms with E-state index in [0.29, 0.717) is 26.4 Å². The predicted molar refractivity (Wildman–Crippen MR) is 50.7 cm³/mol. The minimum atomic E-state index is -3.86. The lowest BCUT2D eigenvalue weighted by Gasteiger charge is -2.07. The first-order chi connectivity index (χ1) is 6.56. The zero-order valence-electron chi connectivity index (χ0n) is 7.92. The quantitative estimate of drug-likeness (QED) is 0.344. The van der Waals surface area contributed by atoms with Gasteiger partial charge >= 0.3 is 7.75 Å². The molecular weight excluding hydrogens is 211 g/mol. The highest BCUT2D eigenvalue weighted by Crippen LogP contribution is 2.30. The summed E-state index contributed by atoms with van der Waals surface area (Å²) in [4.78, 5) is 8.51. The lowest BCUT2D eigenvalue weighted by atomic mass is 10.7. The van der Waals surface area contributed by atoms with E-state index in [9.17, 15) is 4.57 Å². The molecule has 0 bridgehead atoms. The molecule has 86 valence electrons. The third-order valence-electron chi connectivity index (χ3n) is 1.14. The molecule has 0 aliphatic carbocycles. The number of nitrogens with two attached hydrogens (primary N) is 2. The Bertz CT molecular complexity index is 174. The van der Waals surface area contributed by atoms with Gasteiger partial charge in [0.05, 0.1) is 33.0 Å². The fourth-order valence-corrected chi connectivity index (χ4v) is 0.968. The van der Waals surface area contributed by atoms with Crippen molar-refractivity contribution in [1.82, 2.24) is 0 Å². The van der Waals surface area contributed by atoms with E-state index in [1.807, 2.05) is 0 Å². The molecule has 5 N–H and O–H groups in total. The van der Waals surface area contributed by atoms with E-state index in [1.165, 1.54) is 0 Å². The fraction of sp³-hybridized carbons (Fsp3) is 1.00. The highest BCUT2D eigenvalue weighted by molar-refractivity contribution is 7.50. The van der Waals surface area contributed by atoms with Crippen LogP contribution in [0.2, 0.25) is 0 Å². The smallest absolute Gasteiger partial charge is 0.378 e. The van der Waals surface area contributed by atoms with Gasteiger partial charge in [-0.1, -0.05) is 0 Å². The SMILES string of the molecule is NCCOCCOCCOP(N)(=O)O. The average Bonchev–Trinajstić information content (AvgIpc) is 2.08. The van der Waals surface area contributed by atoms with Crippen LogP contribution in [-0.4, -0.2) is 44.5 Å². The van der Waals surface area contributed by atoms with Crippen molar-refractivity contribution in [2.45, 2.75) is 0 Å². The van der Waals surface area contributed by atoms with Crippen molar-refractivity contribution < 1.29 is 23.5 Å². The van der Waals surface area contributed by atoms with Gasteiger partial charge in [0.2, 0.25) is 0 Å². The third kappa shape index (κ3) is 12.0. The van der Waals surface area contributed by atoms with Gasteiger partial charge in [-0.3, -0.25) is 4.52 Å². The fourth-order valence-electron chi connectivity index (χ4n) is 0.632. The molecule has 8 heteroatoms. The van der Waals surface area contributed by atoms with Crippen molar-refractivity contribution >= 4 is 7.75 Å². The van der Waals surface area contributed by atoms with Gasteiger partial charge in [-0.25, -0.2) is 10.1 Å². The first-order valence-electron chi connectivity index (χ1n) is 4.17. The minimum Gasteiger partial charge on any atom is -0.378 e. The van der Waals surface area contributed by atoms with Gasteiger partial charge in [-0.05, 0) is 0 Å². The number of rotatable bonds is 9. The molecule has 0 aromatic rings. The maximum atomic E-state index is 10.4. The van der Waals surface area contributed by atoms with Gasteiger partial charge in [0.1, 0.15) is 0 Å². The summed E-state index contributed by atoms with van der Waals surface area (Å²) < 4.78 is 24.8. The monoisotopic (exact) mass is 228 g/mol. The largest absolute Gasteiger partial charge is 0.400 e. The molecular formula is C6H17N2O5P. The molecule has 1 atom stereocenters. The van der Waals surface area contributed by atoms with E-state index in [2.05, 4.69) is 4.52 Å². The first-order valence-corrected chi connectivity index (χ1v) is 5.82. The Hall–Kier alpha value is -0.0100. The summed E-state index contributed by atoms with van der Waals surface area (Å²) >= 11 is 0. The standard InChI is InChI=1S/C6H17N2O5P/c7-1-2-11-3-4-12-5-6-13-14(8,9)10/h1-7H2,(H3,8,9,10). The topological polar surface area (TPSA) is 117 Å². The van der Waals surface area contributed by atoms with Crippen LogP contribution in [-0.2, 0) is 18.6 Å². The van der Waals surface area contributed by atoms with Crippen LogP contribution >= 0.6 is 7.75 Å². The Labute approximate surface area is 82.9 Å². The van der Waals surface area contributed by atoms with Crippen LogP contribution in [0.25, 0.3) is 0 Å². The second-order valence-electron chi connectivity index (χ2n) is 2.41. The molecule has 0 aliphatic rings. The highest BCUT2D eigenvalue weighted by atomic mass is 31.2. The molecule has 0 aromatic carbocycles. The molecule has 0 spiro atoms. The molecule has 0 rings (SSSR count). The molecule has 0 radical (unpaired) electrons. The van der Waals surface area contributed by atoms with E-state index >= 15 is 0 Å². The summed E-state index contributed by atoms with van der Waals surface area (Å²) in [7, 11) is -3.86. The Morgan fingerprint density at radius 1 is 1.07 bits per heavy atom. The Balaban J connectivity index is 3.03. The molecule has 7 nitrogen and oxygen atoms in total. The normalized spacial score (nSPS) is 15.4. The molecule has 0 fully saturated rings. The summed E-state index contributed by atoms with van der Waals surface area (Å²) in [6, 6.07) is 0.